The van der Waals surface area contributed by atoms with Gasteiger partial charge in [-0.1, -0.05) is 98.7 Å². The molecule has 0 aliphatic carbocycles. The number of aliphatic hydroxyl groups is 2. The van der Waals surface area contributed by atoms with Gasteiger partial charge in [-0.25, -0.2) is 63.1 Å². The molecule has 10 N–H and O–H groups in total. The van der Waals surface area contributed by atoms with E-state index in [-0.39, 0.29) is 110 Å². The number of likely N-dealkylation sites (N-methyl/N-ethyl adjacent to an activating group) is 3. The fourth-order valence-corrected chi connectivity index (χ4v) is 8.76. The topological polar surface area (TPSA) is 410 Å². The van der Waals surface area contributed by atoms with Crippen LogP contribution >= 0.6 is 86.9 Å². The summed E-state index contributed by atoms with van der Waals surface area (Å²) in [6, 6.07) is 19.8. The lowest BCUT2D eigenvalue weighted by molar-refractivity contribution is -0.384. The largest absolute Gasteiger partial charge is 0.447 e. The van der Waals surface area contributed by atoms with Gasteiger partial charge in [0, 0.05) is 117 Å². The highest BCUT2D eigenvalue weighted by Crippen LogP contribution is 2.28. The number of halogens is 14. The number of hydrogen-bond acceptors (Lipinski definition) is 18. The third-order valence-electron chi connectivity index (χ3n) is 13.7. The summed E-state index contributed by atoms with van der Waals surface area (Å²) in [5, 5.41) is 46.8. The molecule has 7 rings (SSSR count). The average Bonchev–Trinajstić information content (AvgIpc) is 1.65. The zero-order valence-corrected chi connectivity index (χ0v) is 62.9. The number of benzene rings is 5. The highest BCUT2D eigenvalue weighted by atomic mass is 35.5. The van der Waals surface area contributed by atoms with Gasteiger partial charge in [-0.2, -0.15) is 40.5 Å². The Bertz CT molecular complexity index is 3790. The normalized spacial score (nSPS) is 12.0. The Kier molecular flexibility index (Phi) is 49.8. The Balaban J connectivity index is 0. The molecule has 2 heterocycles. The maximum Gasteiger partial charge on any atom is 0.414 e. The first-order valence-corrected chi connectivity index (χ1v) is 31.7. The highest BCUT2D eigenvalue weighted by molar-refractivity contribution is 7.59. The molecule has 5 amide bonds. The average molecular weight is 1670 g/mol. The Labute approximate surface area is 647 Å². The lowest BCUT2D eigenvalue weighted by atomic mass is 10.1. The van der Waals surface area contributed by atoms with Gasteiger partial charge in [0.1, 0.15) is 41.3 Å². The van der Waals surface area contributed by atoms with Gasteiger partial charge in [0.15, 0.2) is 0 Å². The summed E-state index contributed by atoms with van der Waals surface area (Å²) in [5.41, 5.74) is 27.1. The summed E-state index contributed by atoms with van der Waals surface area (Å²) in [5.74, 6) is -12.0. The number of anilines is 1. The minimum Gasteiger partial charge on any atom is -0.447 e. The number of non-ortho nitro benzene ring substituents is 1. The van der Waals surface area contributed by atoms with Gasteiger partial charge < -0.3 is 66.2 Å². The fourth-order valence-electron chi connectivity index (χ4n) is 8.09. The van der Waals surface area contributed by atoms with Gasteiger partial charge in [-0.05, 0) is 90.1 Å². The Morgan fingerprint density at radius 1 is 0.701 bits per heavy atom. The standard InChI is InChI=1S/C24H24ClF4N5O4.C14H17ClF3N5O2.C7H7ClFN.C7H4ClNO4.C6H12F2N4O.C4H8O.3H2S/c1-34(22(35)31-11-15-5-3-7-18(27)21(15)25)17(10-24(28,29)13-30)12-37-23(36)32-20-9-19(33-38-20)14-4-2-6-16(26)8-14;1-23(10(7-24)5-14(17,18)8-21-22-19)13(25)20-6-9-3-2-4-11(16)12(9)15;8-7-5(4-10)2-1-3-6(7)9;8-7(10)13-6-3-1-5(2-4-6)9(11)12;1-10-5(3-13)2-6(7,8)4-11-12-9;1-2-4-5-3-1;;;/h2-9,17H,10-13,30H2,1H3,(H,31,35)(H,32,36);2-4,10,24H,5-8H2,1H3,(H,20,25);1-3H,4,10H2;1-4H;5,10,13H,2-4H2,1H3;1-4H2;3*1H2/t17-;10-;;;5-;;;;/m00..0..../s1. The zero-order valence-electron chi connectivity index (χ0n) is 56.8. The van der Waals surface area contributed by atoms with Gasteiger partial charge in [0.2, 0.25) is 5.88 Å². The lowest BCUT2D eigenvalue weighted by Gasteiger charge is -2.30. The maximum atomic E-state index is 14.1. The number of aromatic nitrogens is 1. The smallest absolute Gasteiger partial charge is 0.414 e. The first-order valence-electron chi connectivity index (χ1n) is 30.2. The molecule has 1 fully saturated rings. The van der Waals surface area contributed by atoms with Crippen molar-refractivity contribution in [2.75, 3.05) is 79.1 Å². The Morgan fingerprint density at radius 2 is 1.17 bits per heavy atom. The number of nitro groups is 1. The quantitative estimate of drug-likeness (QED) is 0.00452. The van der Waals surface area contributed by atoms with E-state index >= 15 is 0 Å². The second-order valence-corrected chi connectivity index (χ2v) is 22.9. The van der Waals surface area contributed by atoms with Gasteiger partial charge in [0.05, 0.1) is 64.9 Å². The molecule has 28 nitrogen and oxygen atoms in total. The van der Waals surface area contributed by atoms with Crippen molar-refractivity contribution >= 4 is 122 Å². The first-order chi connectivity index (χ1) is 49.1. The van der Waals surface area contributed by atoms with Gasteiger partial charge in [-0.15, -0.1) is 0 Å². The number of alkyl halides is 6. The van der Waals surface area contributed by atoms with E-state index in [0.717, 1.165) is 35.1 Å². The maximum absolute atomic E-state index is 14.1. The number of hydrogen-bond donors (Lipinski definition) is 8. The molecule has 1 saturated heterocycles. The van der Waals surface area contributed by atoms with Crippen LogP contribution in [0.15, 0.2) is 124 Å². The van der Waals surface area contributed by atoms with Crippen LogP contribution in [0.5, 0.6) is 5.75 Å². The third-order valence-corrected chi connectivity index (χ3v) is 15.1. The lowest BCUT2D eigenvalue weighted by Crippen LogP contribution is -2.49. The number of nitrogens with zero attached hydrogens (tertiary/aromatic N) is 10. The molecule has 0 spiro atoms. The van der Waals surface area contributed by atoms with Crippen molar-refractivity contribution in [2.45, 2.75) is 87.6 Å². The van der Waals surface area contributed by atoms with E-state index in [1.165, 1.54) is 113 Å². The second-order valence-electron chi connectivity index (χ2n) is 21.4. The van der Waals surface area contributed by atoms with E-state index in [0.29, 0.717) is 16.7 Å². The van der Waals surface area contributed by atoms with Crippen LogP contribution in [-0.4, -0.2) is 163 Å². The molecule has 0 radical (unpaired) electrons. The number of rotatable bonds is 27. The molecule has 5 aromatic carbocycles. The summed E-state index contributed by atoms with van der Waals surface area (Å²) < 4.78 is 153. The molecule has 594 valence electrons. The second kappa shape index (κ2) is 52.8. The fraction of sp³-hybridized carbons (Fsp3) is 0.403. The minimum atomic E-state index is -3.37. The first kappa shape index (κ1) is 101. The molecule has 45 heteroatoms. The molecule has 107 heavy (non-hydrogen) atoms. The van der Waals surface area contributed by atoms with Crippen LogP contribution in [0, 0.1) is 33.4 Å². The third kappa shape index (κ3) is 39.5. The number of amides is 5. The van der Waals surface area contributed by atoms with E-state index in [1.54, 1.807) is 18.2 Å². The van der Waals surface area contributed by atoms with Crippen molar-refractivity contribution in [2.24, 2.45) is 21.7 Å². The molecular weight excluding hydrogens is 1590 g/mol. The Hall–Kier alpha value is -8.12. The summed E-state index contributed by atoms with van der Waals surface area (Å²) in [7, 11) is 3.93. The van der Waals surface area contributed by atoms with Crippen LogP contribution in [0.2, 0.25) is 15.1 Å². The number of nitro benzene ring substituents is 1. The molecule has 1 aliphatic rings. The summed E-state index contributed by atoms with van der Waals surface area (Å²) in [4.78, 5) is 63.2. The van der Waals surface area contributed by atoms with Crippen LogP contribution in [0.3, 0.4) is 0 Å². The predicted molar refractivity (Wildman–Crippen MR) is 396 cm³/mol. The van der Waals surface area contributed by atoms with Crippen LogP contribution in [0.25, 0.3) is 32.1 Å². The summed E-state index contributed by atoms with van der Waals surface area (Å²) >= 11 is 22.1. The van der Waals surface area contributed by atoms with E-state index in [2.05, 4.69) is 51.2 Å². The van der Waals surface area contributed by atoms with Crippen molar-refractivity contribution < 1.29 is 97.0 Å². The van der Waals surface area contributed by atoms with Crippen molar-refractivity contribution in [1.82, 2.24) is 30.9 Å². The zero-order chi connectivity index (χ0) is 78.2. The van der Waals surface area contributed by atoms with E-state index in [1.807, 2.05) is 0 Å². The van der Waals surface area contributed by atoms with Crippen LogP contribution < -0.4 is 37.5 Å². The van der Waals surface area contributed by atoms with Crippen LogP contribution in [0.4, 0.5) is 74.7 Å². The van der Waals surface area contributed by atoms with Crippen LogP contribution in [-0.2, 0) is 29.1 Å². The summed E-state index contributed by atoms with van der Waals surface area (Å²) in [6.45, 7) is -2.68. The van der Waals surface area contributed by atoms with Crippen LogP contribution in [0.1, 0.15) is 48.8 Å². The molecule has 3 atom stereocenters. The van der Waals surface area contributed by atoms with E-state index in [9.17, 15) is 78.3 Å². The molecule has 0 bridgehead atoms. The summed E-state index contributed by atoms with van der Waals surface area (Å²) in [6.07, 6.45) is -0.854. The number of carbonyl (C=O) groups excluding carboxylic acids is 4. The number of ether oxygens (including phenoxy) is 3. The Morgan fingerprint density at radius 3 is 1.58 bits per heavy atom. The molecule has 1 aromatic heterocycles. The number of urea groups is 2. The highest BCUT2D eigenvalue weighted by Gasteiger charge is 2.37. The molecule has 1 aliphatic heterocycles. The van der Waals surface area contributed by atoms with E-state index in [4.69, 9.17) is 88.0 Å². The molecular formula is C62H78Cl4F10N16O12S3. The van der Waals surface area contributed by atoms with E-state index < -0.39 is 140 Å². The number of azide groups is 2. The number of nitrogens with two attached hydrogens (primary N) is 2. The van der Waals surface area contributed by atoms with Crippen molar-refractivity contribution in [3.63, 3.8) is 0 Å². The molecule has 0 unspecified atom stereocenters. The van der Waals surface area contributed by atoms with Gasteiger partial charge in [-0.3, -0.25) is 15.4 Å². The monoisotopic (exact) mass is 1660 g/mol. The minimum absolute atomic E-state index is 0. The van der Waals surface area contributed by atoms with Crippen molar-refractivity contribution in [3.8, 4) is 17.0 Å². The van der Waals surface area contributed by atoms with Crippen molar-refractivity contribution in [1.29, 1.82) is 0 Å². The van der Waals surface area contributed by atoms with Crippen molar-refractivity contribution in [3.05, 3.63) is 195 Å². The SMILES string of the molecule is C1CCOC1.CN(C(=O)NCc1cccc(F)c1Cl)[C@H](CO)CC(F)(F)CN=[N+]=[N-].CN(C(=O)NCc1cccc(F)c1Cl)[C@H](COC(=O)Nc1cc(-c2cccc(F)c2)no1)CC(F)(F)CN.CN[C@H](CO)CC(F)(F)CN=[N+]=[N-].NCc1cccc(F)c1Cl.O=C(Cl)Oc1ccc([N+](=O)[O-])cc1.S.S.S. The number of nitrogens with one attached hydrogen (secondary N) is 4. The molecule has 6 aromatic rings. The number of aliphatic hydroxyl groups excluding tert-OH is 2. The van der Waals surface area contributed by atoms with Gasteiger partial charge in [0.25, 0.3) is 23.5 Å². The molecule has 0 saturated carbocycles. The van der Waals surface area contributed by atoms with Gasteiger partial charge >= 0.3 is 23.6 Å². The predicted octanol–water partition coefficient (Wildman–Crippen LogP) is 14.6. The number of carbonyl (C=O) groups is 4.